The van der Waals surface area contributed by atoms with E-state index in [1.54, 1.807) is 19.4 Å². The Kier molecular flexibility index (Phi) is 4.74. The number of hydrogen-bond acceptors (Lipinski definition) is 4. The van der Waals surface area contributed by atoms with Crippen molar-refractivity contribution in [3.05, 3.63) is 77.5 Å². The highest BCUT2D eigenvalue weighted by Gasteiger charge is 2.28. The Balaban J connectivity index is 1.63. The number of nitrogens with one attached hydrogen (secondary N) is 1. The zero-order chi connectivity index (χ0) is 19.7. The van der Waals surface area contributed by atoms with Gasteiger partial charge in [0, 0.05) is 23.5 Å². The zero-order valence-corrected chi connectivity index (χ0v) is 16.3. The maximum atomic E-state index is 12.9. The summed E-state index contributed by atoms with van der Waals surface area (Å²) in [5.41, 5.74) is 4.72. The summed E-state index contributed by atoms with van der Waals surface area (Å²) in [6, 6.07) is 17.9. The van der Waals surface area contributed by atoms with E-state index in [9.17, 15) is 4.79 Å². The van der Waals surface area contributed by atoms with E-state index in [4.69, 9.17) is 4.74 Å². The minimum Gasteiger partial charge on any atom is -0.495 e. The second kappa shape index (κ2) is 7.35. The summed E-state index contributed by atoms with van der Waals surface area (Å²) in [7, 11) is 1.59. The monoisotopic (exact) mass is 373 g/mol. The van der Waals surface area contributed by atoms with Crippen molar-refractivity contribution < 1.29 is 9.53 Å². The zero-order valence-electron chi connectivity index (χ0n) is 16.3. The van der Waals surface area contributed by atoms with Crippen LogP contribution in [0.25, 0.3) is 0 Å². The number of methoxy groups -OCH3 is 1. The molecule has 2 aromatic carbocycles. The Morgan fingerprint density at radius 3 is 2.82 bits per heavy atom. The molecular formula is C23H23N3O2. The van der Waals surface area contributed by atoms with E-state index in [1.807, 2.05) is 37.3 Å². The fourth-order valence-corrected chi connectivity index (χ4v) is 3.72. The van der Waals surface area contributed by atoms with Crippen molar-refractivity contribution in [1.82, 2.24) is 4.98 Å². The maximum Gasteiger partial charge on any atom is 0.255 e. The molecule has 1 aliphatic rings. The van der Waals surface area contributed by atoms with Crippen LogP contribution in [0.1, 0.15) is 28.4 Å². The van der Waals surface area contributed by atoms with Gasteiger partial charge in [0.1, 0.15) is 11.6 Å². The molecule has 0 fully saturated rings. The predicted molar refractivity (Wildman–Crippen MR) is 112 cm³/mol. The number of anilines is 3. The number of pyridine rings is 1. The molecule has 4 rings (SSSR count). The van der Waals surface area contributed by atoms with Crippen LogP contribution in [0.15, 0.2) is 60.8 Å². The summed E-state index contributed by atoms with van der Waals surface area (Å²) in [5.74, 6) is 1.23. The van der Waals surface area contributed by atoms with E-state index in [1.165, 1.54) is 5.56 Å². The van der Waals surface area contributed by atoms with Crippen LogP contribution >= 0.6 is 0 Å². The average Bonchev–Trinajstić information content (AvgIpc) is 3.04. The van der Waals surface area contributed by atoms with Crippen LogP contribution < -0.4 is 15.0 Å². The fourth-order valence-electron chi connectivity index (χ4n) is 3.72. The second-order valence-corrected chi connectivity index (χ2v) is 7.11. The molecular weight excluding hydrogens is 350 g/mol. The molecule has 0 saturated carbocycles. The maximum absolute atomic E-state index is 12.9. The van der Waals surface area contributed by atoms with E-state index in [-0.39, 0.29) is 5.91 Å². The van der Waals surface area contributed by atoms with Gasteiger partial charge in [0.2, 0.25) is 0 Å². The Labute approximate surface area is 165 Å². The number of para-hydroxylation sites is 1. The molecule has 1 aliphatic heterocycles. The molecule has 5 heteroatoms. The lowest BCUT2D eigenvalue weighted by molar-refractivity contribution is 0.102. The third-order valence-electron chi connectivity index (χ3n) is 5.06. The van der Waals surface area contributed by atoms with Crippen molar-refractivity contribution in [2.45, 2.75) is 26.3 Å². The topological polar surface area (TPSA) is 54.5 Å². The van der Waals surface area contributed by atoms with Gasteiger partial charge >= 0.3 is 0 Å². The fraction of sp³-hybridized carbons (Fsp3) is 0.217. The molecule has 0 bridgehead atoms. The largest absolute Gasteiger partial charge is 0.495 e. The van der Waals surface area contributed by atoms with Gasteiger partial charge in [0.25, 0.3) is 5.91 Å². The molecule has 0 saturated heterocycles. The van der Waals surface area contributed by atoms with Gasteiger partial charge < -0.3 is 15.0 Å². The number of hydrogen-bond donors (Lipinski definition) is 1. The predicted octanol–water partition coefficient (Wildman–Crippen LogP) is 4.73. The number of aryl methyl sites for hydroxylation is 1. The van der Waals surface area contributed by atoms with E-state index < -0.39 is 0 Å². The summed E-state index contributed by atoms with van der Waals surface area (Å²) in [6.07, 6.45) is 2.65. The van der Waals surface area contributed by atoms with Crippen LogP contribution in [0.5, 0.6) is 5.75 Å². The molecule has 0 aliphatic carbocycles. The van der Waals surface area contributed by atoms with Crippen molar-refractivity contribution in [2.24, 2.45) is 0 Å². The Morgan fingerprint density at radius 1 is 1.18 bits per heavy atom. The Morgan fingerprint density at radius 2 is 2.00 bits per heavy atom. The number of rotatable bonds is 4. The first kappa shape index (κ1) is 18.0. The Bertz CT molecular complexity index is 1030. The second-order valence-electron chi connectivity index (χ2n) is 7.11. The third kappa shape index (κ3) is 3.31. The normalized spacial score (nSPS) is 15.2. The third-order valence-corrected chi connectivity index (χ3v) is 5.06. The molecule has 0 spiro atoms. The average molecular weight is 373 g/mol. The van der Waals surface area contributed by atoms with Gasteiger partial charge in [-0.3, -0.25) is 4.79 Å². The smallest absolute Gasteiger partial charge is 0.255 e. The molecule has 28 heavy (non-hydrogen) atoms. The standard InChI is InChI=1S/C23H23N3O2/c1-15-8-9-21(28-3)19(12-15)25-23(27)18-10-11-24-22(14-18)26-16(2)13-17-6-4-5-7-20(17)26/h4-12,14,16H,13H2,1-3H3,(H,25,27). The van der Waals surface area contributed by atoms with Gasteiger partial charge in [0.15, 0.2) is 0 Å². The van der Waals surface area contributed by atoms with E-state index in [0.29, 0.717) is 23.0 Å². The van der Waals surface area contributed by atoms with Crippen molar-refractivity contribution in [2.75, 3.05) is 17.3 Å². The molecule has 0 radical (unpaired) electrons. The van der Waals surface area contributed by atoms with Gasteiger partial charge in [-0.2, -0.15) is 0 Å². The highest BCUT2D eigenvalue weighted by atomic mass is 16.5. The molecule has 1 unspecified atom stereocenters. The number of carbonyl (C=O) groups excluding carboxylic acids is 1. The summed E-state index contributed by atoms with van der Waals surface area (Å²) >= 11 is 0. The summed E-state index contributed by atoms with van der Waals surface area (Å²) in [5, 5.41) is 2.96. The van der Waals surface area contributed by atoms with Gasteiger partial charge in [-0.15, -0.1) is 0 Å². The van der Waals surface area contributed by atoms with Crippen molar-refractivity contribution in [3.8, 4) is 5.75 Å². The molecule has 1 amide bonds. The lowest BCUT2D eigenvalue weighted by Gasteiger charge is -2.24. The molecule has 3 aromatic rings. The molecule has 142 valence electrons. The quantitative estimate of drug-likeness (QED) is 0.718. The van der Waals surface area contributed by atoms with Crippen molar-refractivity contribution >= 4 is 23.1 Å². The number of fused-ring (bicyclic) bond motifs is 1. The van der Waals surface area contributed by atoms with Crippen LogP contribution in [0.4, 0.5) is 17.2 Å². The number of nitrogens with zero attached hydrogens (tertiary/aromatic N) is 2. The molecule has 2 heterocycles. The van der Waals surface area contributed by atoms with Gasteiger partial charge in [-0.25, -0.2) is 4.98 Å². The number of benzene rings is 2. The molecule has 1 N–H and O–H groups in total. The van der Waals surface area contributed by atoms with Gasteiger partial charge in [-0.05, 0) is 61.7 Å². The Hall–Kier alpha value is -3.34. The van der Waals surface area contributed by atoms with Gasteiger partial charge in [0.05, 0.1) is 12.8 Å². The lowest BCUT2D eigenvalue weighted by Crippen LogP contribution is -2.25. The van der Waals surface area contributed by atoms with Crippen molar-refractivity contribution in [3.63, 3.8) is 0 Å². The van der Waals surface area contributed by atoms with Crippen LogP contribution in [0.3, 0.4) is 0 Å². The van der Waals surface area contributed by atoms with Crippen LogP contribution in [0, 0.1) is 6.92 Å². The number of ether oxygens (including phenoxy) is 1. The SMILES string of the molecule is COc1ccc(C)cc1NC(=O)c1ccnc(N2c3ccccc3CC2C)c1. The highest BCUT2D eigenvalue weighted by Crippen LogP contribution is 2.37. The summed E-state index contributed by atoms with van der Waals surface area (Å²) < 4.78 is 5.36. The summed E-state index contributed by atoms with van der Waals surface area (Å²) in [6.45, 7) is 4.15. The minimum absolute atomic E-state index is 0.187. The lowest BCUT2D eigenvalue weighted by atomic mass is 10.1. The molecule has 1 atom stereocenters. The van der Waals surface area contributed by atoms with E-state index in [0.717, 1.165) is 23.5 Å². The molecule has 1 aromatic heterocycles. The molecule has 5 nitrogen and oxygen atoms in total. The van der Waals surface area contributed by atoms with Crippen molar-refractivity contribution in [1.29, 1.82) is 0 Å². The van der Waals surface area contributed by atoms with Crippen LogP contribution in [-0.4, -0.2) is 24.0 Å². The summed E-state index contributed by atoms with van der Waals surface area (Å²) in [4.78, 5) is 19.6. The number of amides is 1. The first-order valence-electron chi connectivity index (χ1n) is 9.36. The highest BCUT2D eigenvalue weighted by molar-refractivity contribution is 6.05. The van der Waals surface area contributed by atoms with Crippen LogP contribution in [-0.2, 0) is 6.42 Å². The van der Waals surface area contributed by atoms with Gasteiger partial charge in [-0.1, -0.05) is 24.3 Å². The van der Waals surface area contributed by atoms with E-state index >= 15 is 0 Å². The van der Waals surface area contributed by atoms with Crippen LogP contribution in [0.2, 0.25) is 0 Å². The van der Waals surface area contributed by atoms with E-state index in [2.05, 4.69) is 40.3 Å². The number of aromatic nitrogens is 1. The number of carbonyl (C=O) groups is 1. The first-order valence-corrected chi connectivity index (χ1v) is 9.36. The first-order chi connectivity index (χ1) is 13.6. The minimum atomic E-state index is -0.187.